The second-order valence-corrected chi connectivity index (χ2v) is 4.53. The molecular weight excluding hydrogens is 208 g/mol. The third kappa shape index (κ3) is 2.26. The molecule has 2 nitrogen and oxygen atoms in total. The first-order chi connectivity index (χ1) is 8.15. The smallest absolute Gasteiger partial charge is 0.129 e. The van der Waals surface area contributed by atoms with Crippen molar-refractivity contribution in [2.75, 3.05) is 11.9 Å². The Balaban J connectivity index is 2.69. The van der Waals surface area contributed by atoms with Crippen LogP contribution in [0.1, 0.15) is 30.5 Å². The fraction of sp³-hybridized carbons (Fsp3) is 0.400. The molecule has 0 radical (unpaired) electrons. The molecule has 0 unspecified atom stereocenters. The first kappa shape index (κ1) is 11.9. The number of fused-ring (bicyclic) bond motifs is 1. The lowest BCUT2D eigenvalue weighted by Gasteiger charge is -2.12. The molecule has 1 aromatic carbocycles. The highest BCUT2D eigenvalue weighted by molar-refractivity contribution is 5.85. The molecule has 0 bridgehead atoms. The number of nitrogens with zero attached hydrogens (tertiary/aromatic N) is 1. The molecule has 2 aromatic rings. The number of hydrogen-bond donors (Lipinski definition) is 1. The molecule has 0 fully saturated rings. The van der Waals surface area contributed by atoms with Crippen molar-refractivity contribution in [2.45, 2.75) is 34.1 Å². The number of aromatic nitrogens is 1. The van der Waals surface area contributed by atoms with Crippen LogP contribution in [0.5, 0.6) is 0 Å². The zero-order chi connectivity index (χ0) is 12.4. The van der Waals surface area contributed by atoms with E-state index in [1.54, 1.807) is 0 Å². The van der Waals surface area contributed by atoms with E-state index in [2.05, 4.69) is 51.2 Å². The lowest BCUT2D eigenvalue weighted by molar-refractivity contribution is 1.08. The summed E-state index contributed by atoms with van der Waals surface area (Å²) in [5, 5.41) is 4.62. The van der Waals surface area contributed by atoms with Crippen molar-refractivity contribution in [3.8, 4) is 0 Å². The number of anilines is 1. The van der Waals surface area contributed by atoms with Gasteiger partial charge in [-0.25, -0.2) is 4.98 Å². The third-order valence-corrected chi connectivity index (χ3v) is 3.09. The van der Waals surface area contributed by atoms with E-state index >= 15 is 0 Å². The molecule has 1 heterocycles. The van der Waals surface area contributed by atoms with Gasteiger partial charge in [-0.1, -0.05) is 13.0 Å². The molecule has 90 valence electrons. The molecule has 1 N–H and O–H groups in total. The van der Waals surface area contributed by atoms with E-state index in [4.69, 9.17) is 4.98 Å². The Morgan fingerprint density at radius 2 is 1.88 bits per heavy atom. The highest BCUT2D eigenvalue weighted by atomic mass is 15.0. The summed E-state index contributed by atoms with van der Waals surface area (Å²) in [5.41, 5.74) is 4.97. The summed E-state index contributed by atoms with van der Waals surface area (Å²) < 4.78 is 0. The van der Waals surface area contributed by atoms with Gasteiger partial charge in [0, 0.05) is 11.9 Å². The van der Waals surface area contributed by atoms with E-state index in [1.165, 1.54) is 22.1 Å². The van der Waals surface area contributed by atoms with Crippen LogP contribution in [-0.2, 0) is 6.42 Å². The lowest BCUT2D eigenvalue weighted by atomic mass is 10.0. The highest BCUT2D eigenvalue weighted by Gasteiger charge is 2.07. The maximum absolute atomic E-state index is 4.75. The maximum Gasteiger partial charge on any atom is 0.129 e. The fourth-order valence-electron chi connectivity index (χ4n) is 2.26. The monoisotopic (exact) mass is 228 g/mol. The molecule has 2 heteroatoms. The number of rotatable bonds is 3. The van der Waals surface area contributed by atoms with Gasteiger partial charge in [-0.15, -0.1) is 0 Å². The summed E-state index contributed by atoms with van der Waals surface area (Å²) in [4.78, 5) is 4.75. The average molecular weight is 228 g/mol. The number of benzene rings is 1. The van der Waals surface area contributed by atoms with Crippen molar-refractivity contribution >= 4 is 16.7 Å². The zero-order valence-corrected chi connectivity index (χ0v) is 11.1. The van der Waals surface area contributed by atoms with Crippen LogP contribution in [0.15, 0.2) is 18.2 Å². The molecule has 0 amide bonds. The van der Waals surface area contributed by atoms with Crippen molar-refractivity contribution in [1.82, 2.24) is 4.98 Å². The van der Waals surface area contributed by atoms with Crippen LogP contribution < -0.4 is 5.32 Å². The second-order valence-electron chi connectivity index (χ2n) is 4.53. The fourth-order valence-corrected chi connectivity index (χ4v) is 2.26. The number of pyridine rings is 1. The predicted octanol–water partition coefficient (Wildman–Crippen LogP) is 3.85. The molecule has 2 rings (SSSR count). The summed E-state index contributed by atoms with van der Waals surface area (Å²) in [7, 11) is 0. The van der Waals surface area contributed by atoms with Gasteiger partial charge in [-0.2, -0.15) is 0 Å². The summed E-state index contributed by atoms with van der Waals surface area (Å²) >= 11 is 0. The van der Waals surface area contributed by atoms with Crippen LogP contribution in [0.2, 0.25) is 0 Å². The van der Waals surface area contributed by atoms with Crippen LogP contribution >= 0.6 is 0 Å². The van der Waals surface area contributed by atoms with Crippen LogP contribution in [0.25, 0.3) is 10.9 Å². The largest absolute Gasteiger partial charge is 0.370 e. The Bertz CT molecular complexity index is 544. The van der Waals surface area contributed by atoms with Crippen LogP contribution in [0, 0.1) is 13.8 Å². The Labute approximate surface area is 103 Å². The molecule has 0 saturated heterocycles. The minimum atomic E-state index is 0.913. The quantitative estimate of drug-likeness (QED) is 0.863. The van der Waals surface area contributed by atoms with Gasteiger partial charge in [0.15, 0.2) is 0 Å². The van der Waals surface area contributed by atoms with E-state index < -0.39 is 0 Å². The molecule has 0 aliphatic rings. The first-order valence-electron chi connectivity index (χ1n) is 6.30. The molecule has 1 aromatic heterocycles. The van der Waals surface area contributed by atoms with Gasteiger partial charge in [-0.3, -0.25) is 0 Å². The number of nitrogens with one attached hydrogen (secondary N) is 1. The average Bonchev–Trinajstić information content (AvgIpc) is 2.28. The van der Waals surface area contributed by atoms with Crippen molar-refractivity contribution in [3.63, 3.8) is 0 Å². The normalized spacial score (nSPS) is 10.8. The minimum Gasteiger partial charge on any atom is -0.370 e. The zero-order valence-electron chi connectivity index (χ0n) is 11.1. The SMILES string of the molecule is CCNc1nc2cc(C)cc(C)c2cc1CC. The number of hydrogen-bond acceptors (Lipinski definition) is 2. The Kier molecular flexibility index (Phi) is 3.32. The molecule has 17 heavy (non-hydrogen) atoms. The van der Waals surface area contributed by atoms with Gasteiger partial charge in [-0.05, 0) is 56.0 Å². The third-order valence-electron chi connectivity index (χ3n) is 3.09. The van der Waals surface area contributed by atoms with Crippen molar-refractivity contribution in [1.29, 1.82) is 0 Å². The van der Waals surface area contributed by atoms with E-state index in [9.17, 15) is 0 Å². The second kappa shape index (κ2) is 4.74. The molecule has 0 spiro atoms. The van der Waals surface area contributed by atoms with Crippen LogP contribution in [0.4, 0.5) is 5.82 Å². The van der Waals surface area contributed by atoms with Crippen molar-refractivity contribution < 1.29 is 0 Å². The summed E-state index contributed by atoms with van der Waals surface area (Å²) in [6.45, 7) is 9.47. The van der Waals surface area contributed by atoms with E-state index in [1.807, 2.05) is 0 Å². The Morgan fingerprint density at radius 1 is 1.12 bits per heavy atom. The van der Waals surface area contributed by atoms with Crippen LogP contribution in [-0.4, -0.2) is 11.5 Å². The van der Waals surface area contributed by atoms with Gasteiger partial charge in [0.1, 0.15) is 5.82 Å². The predicted molar refractivity (Wildman–Crippen MR) is 74.8 cm³/mol. The minimum absolute atomic E-state index is 0.913. The van der Waals surface area contributed by atoms with Gasteiger partial charge in [0.2, 0.25) is 0 Å². The summed E-state index contributed by atoms with van der Waals surface area (Å²) in [6.07, 6.45) is 1.01. The van der Waals surface area contributed by atoms with Crippen molar-refractivity contribution in [2.24, 2.45) is 0 Å². The molecule has 0 aliphatic heterocycles. The maximum atomic E-state index is 4.75. The van der Waals surface area contributed by atoms with Gasteiger partial charge < -0.3 is 5.32 Å². The number of aryl methyl sites for hydroxylation is 3. The van der Waals surface area contributed by atoms with Gasteiger partial charge >= 0.3 is 0 Å². The summed E-state index contributed by atoms with van der Waals surface area (Å²) in [6, 6.07) is 6.65. The molecule has 0 saturated carbocycles. The Morgan fingerprint density at radius 3 is 2.53 bits per heavy atom. The molecule has 0 aliphatic carbocycles. The standard InChI is InChI=1S/C15H20N2/c1-5-12-9-13-11(4)7-10(3)8-14(13)17-15(12)16-6-2/h7-9H,5-6H2,1-4H3,(H,16,17). The lowest BCUT2D eigenvalue weighted by Crippen LogP contribution is -2.03. The molecular formula is C15H20N2. The Hall–Kier alpha value is -1.57. The van der Waals surface area contributed by atoms with Crippen molar-refractivity contribution in [3.05, 3.63) is 34.9 Å². The van der Waals surface area contributed by atoms with Gasteiger partial charge in [0.05, 0.1) is 5.52 Å². The topological polar surface area (TPSA) is 24.9 Å². The van der Waals surface area contributed by atoms with E-state index in [0.29, 0.717) is 0 Å². The highest BCUT2D eigenvalue weighted by Crippen LogP contribution is 2.24. The summed E-state index contributed by atoms with van der Waals surface area (Å²) in [5.74, 6) is 1.03. The first-order valence-corrected chi connectivity index (χ1v) is 6.30. The van der Waals surface area contributed by atoms with E-state index in [-0.39, 0.29) is 0 Å². The molecule has 0 atom stereocenters. The van der Waals surface area contributed by atoms with Gasteiger partial charge in [0.25, 0.3) is 0 Å². The van der Waals surface area contributed by atoms with E-state index in [0.717, 1.165) is 24.3 Å². The van der Waals surface area contributed by atoms with Crippen LogP contribution in [0.3, 0.4) is 0 Å².